The largest absolute Gasteiger partial charge is 0.456 e. The second kappa shape index (κ2) is 12.3. The molecule has 0 saturated carbocycles. The lowest BCUT2D eigenvalue weighted by molar-refractivity contribution is 0.438. The van der Waals surface area contributed by atoms with Crippen molar-refractivity contribution in [3.8, 4) is 67.9 Å². The molecule has 4 heteroatoms. The summed E-state index contributed by atoms with van der Waals surface area (Å²) in [6, 6.07) is 62.5. The van der Waals surface area contributed by atoms with Gasteiger partial charge in [0, 0.05) is 33.4 Å². The number of aromatic nitrogens is 3. The number of rotatable bonds is 4. The zero-order chi connectivity index (χ0) is 37.5. The van der Waals surface area contributed by atoms with Crippen LogP contribution < -0.4 is 4.74 Å². The molecule has 1 aliphatic heterocycles. The topological polar surface area (TPSA) is 47.9 Å². The minimum absolute atomic E-state index is 0.513. The van der Waals surface area contributed by atoms with Crippen LogP contribution in [0, 0.1) is 0 Å². The minimum Gasteiger partial charge on any atom is -0.456 e. The van der Waals surface area contributed by atoms with Crippen molar-refractivity contribution in [2.75, 3.05) is 0 Å². The minimum atomic E-state index is -0.513. The third-order valence-electron chi connectivity index (χ3n) is 12.0. The molecule has 1 spiro atoms. The fraction of sp³-hybridized carbons (Fsp3) is 0.0377. The lowest BCUT2D eigenvalue weighted by atomic mass is 9.65. The molecule has 0 amide bonds. The van der Waals surface area contributed by atoms with Crippen LogP contribution in [0.5, 0.6) is 11.5 Å². The van der Waals surface area contributed by atoms with Crippen molar-refractivity contribution in [2.45, 2.75) is 11.8 Å². The number of nitrogens with zero attached hydrogens (tertiary/aromatic N) is 3. The normalized spacial score (nSPS) is 13.8. The second-order valence-electron chi connectivity index (χ2n) is 15.1. The Morgan fingerprint density at radius 1 is 0.439 bits per heavy atom. The van der Waals surface area contributed by atoms with Crippen LogP contribution >= 0.6 is 0 Å². The van der Waals surface area contributed by atoms with E-state index < -0.39 is 5.41 Å². The molecule has 0 fully saturated rings. The van der Waals surface area contributed by atoms with E-state index in [0.717, 1.165) is 56.9 Å². The summed E-state index contributed by atoms with van der Waals surface area (Å²) in [7, 11) is 0. The van der Waals surface area contributed by atoms with Gasteiger partial charge in [-0.2, -0.15) is 0 Å². The van der Waals surface area contributed by atoms with Crippen LogP contribution in [0.3, 0.4) is 0 Å². The summed E-state index contributed by atoms with van der Waals surface area (Å²) in [6.07, 6.45) is 5.39. The first-order valence-corrected chi connectivity index (χ1v) is 19.5. The first kappa shape index (κ1) is 31.9. The molecule has 9 aromatic rings. The maximum atomic E-state index is 6.95. The van der Waals surface area contributed by atoms with Crippen LogP contribution in [0.1, 0.15) is 33.4 Å². The molecule has 8 aromatic carbocycles. The molecule has 1 aromatic heterocycles. The van der Waals surface area contributed by atoms with Gasteiger partial charge in [-0.25, -0.2) is 15.0 Å². The molecule has 3 aliphatic rings. The lowest BCUT2D eigenvalue weighted by Gasteiger charge is -2.40. The quantitative estimate of drug-likeness (QED) is 0.181. The van der Waals surface area contributed by atoms with E-state index in [-0.39, 0.29) is 0 Å². The molecule has 0 atom stereocenters. The van der Waals surface area contributed by atoms with Crippen molar-refractivity contribution in [1.29, 1.82) is 0 Å². The Bertz CT molecular complexity index is 3080. The third-order valence-corrected chi connectivity index (χ3v) is 12.0. The Hall–Kier alpha value is -7.43. The highest BCUT2D eigenvalue weighted by molar-refractivity contribution is 5.98. The van der Waals surface area contributed by atoms with E-state index in [1.807, 2.05) is 18.2 Å². The molecule has 57 heavy (non-hydrogen) atoms. The molecule has 0 saturated heterocycles. The Balaban J connectivity index is 1.00. The standard InChI is InChI=1S/C53H33N3O/c1-2-13-35(14-3-1)50-54-51(56-52(55-50)39-31-37-17-10-15-34-16-11-18-38(32-39)48(34)37)36-29-27-33(28-30-36)40-21-12-25-46-49(40)57-47-26-9-8-24-45(47)53(46)43-22-6-4-19-41(43)42-20-5-7-23-44(42)53/h1-15,17-32H,16H2. The predicted molar refractivity (Wildman–Crippen MR) is 229 cm³/mol. The van der Waals surface area contributed by atoms with Crippen LogP contribution in [-0.2, 0) is 11.8 Å². The highest BCUT2D eigenvalue weighted by atomic mass is 16.5. The second-order valence-corrected chi connectivity index (χ2v) is 15.1. The summed E-state index contributed by atoms with van der Waals surface area (Å²) in [4.78, 5) is 15.3. The summed E-state index contributed by atoms with van der Waals surface area (Å²) >= 11 is 0. The predicted octanol–water partition coefficient (Wildman–Crippen LogP) is 12.7. The van der Waals surface area contributed by atoms with Gasteiger partial charge >= 0.3 is 0 Å². The first-order valence-electron chi connectivity index (χ1n) is 19.5. The smallest absolute Gasteiger partial charge is 0.164 e. The average Bonchev–Trinajstić information content (AvgIpc) is 3.57. The van der Waals surface area contributed by atoms with E-state index in [1.54, 1.807) is 0 Å². The number of hydrogen-bond acceptors (Lipinski definition) is 4. The lowest BCUT2D eigenvalue weighted by Crippen LogP contribution is -2.32. The maximum Gasteiger partial charge on any atom is 0.164 e. The summed E-state index contributed by atoms with van der Waals surface area (Å²) in [5, 5.41) is 2.50. The SMILES string of the molecule is C1=Cc2cc(-c3nc(-c4ccccc4)nc(-c4ccc(-c5cccc6c5Oc5ccccc5C65c6ccccc6-c6ccccc65)cc4)n3)cc3cccc(c23)C1. The van der Waals surface area contributed by atoms with Crippen LogP contribution in [0.2, 0.25) is 0 Å². The average molecular weight is 728 g/mol. The molecule has 0 bridgehead atoms. The highest BCUT2D eigenvalue weighted by Gasteiger charge is 2.51. The molecule has 266 valence electrons. The Morgan fingerprint density at radius 3 is 1.77 bits per heavy atom. The van der Waals surface area contributed by atoms with E-state index in [0.29, 0.717) is 17.5 Å². The Kier molecular flexibility index (Phi) is 6.87. The number of fused-ring (bicyclic) bond motifs is 9. The molecule has 4 nitrogen and oxygen atoms in total. The third kappa shape index (κ3) is 4.71. The number of benzene rings is 8. The van der Waals surface area contributed by atoms with Gasteiger partial charge in [0.25, 0.3) is 0 Å². The summed E-state index contributed by atoms with van der Waals surface area (Å²) in [5.74, 6) is 3.67. The fourth-order valence-electron chi connectivity index (χ4n) is 9.54. The summed E-state index contributed by atoms with van der Waals surface area (Å²) in [6.45, 7) is 0. The van der Waals surface area contributed by atoms with Crippen molar-refractivity contribution < 1.29 is 4.74 Å². The molecule has 2 aliphatic carbocycles. The van der Waals surface area contributed by atoms with Crippen LogP contribution in [0.25, 0.3) is 73.3 Å². The van der Waals surface area contributed by atoms with Crippen LogP contribution in [0.4, 0.5) is 0 Å². The molecule has 0 radical (unpaired) electrons. The molecule has 12 rings (SSSR count). The van der Waals surface area contributed by atoms with Gasteiger partial charge in [0.15, 0.2) is 17.5 Å². The van der Waals surface area contributed by atoms with Crippen molar-refractivity contribution >= 4 is 16.8 Å². The fourth-order valence-corrected chi connectivity index (χ4v) is 9.54. The van der Waals surface area contributed by atoms with E-state index in [2.05, 4.69) is 170 Å². The van der Waals surface area contributed by atoms with Gasteiger partial charge in [0.1, 0.15) is 11.5 Å². The Labute approximate surface area is 330 Å². The van der Waals surface area contributed by atoms with Crippen molar-refractivity contribution in [1.82, 2.24) is 15.0 Å². The van der Waals surface area contributed by atoms with E-state index >= 15 is 0 Å². The molecule has 0 N–H and O–H groups in total. The van der Waals surface area contributed by atoms with E-state index in [1.165, 1.54) is 44.2 Å². The Morgan fingerprint density at radius 2 is 1.02 bits per heavy atom. The van der Waals surface area contributed by atoms with Gasteiger partial charge in [-0.05, 0) is 74.3 Å². The number of allylic oxidation sites excluding steroid dienone is 1. The van der Waals surface area contributed by atoms with Gasteiger partial charge in [0.2, 0.25) is 0 Å². The van der Waals surface area contributed by atoms with Crippen molar-refractivity contribution in [3.63, 3.8) is 0 Å². The molecular weight excluding hydrogens is 695 g/mol. The monoisotopic (exact) mass is 727 g/mol. The van der Waals surface area contributed by atoms with Gasteiger partial charge in [-0.15, -0.1) is 0 Å². The molecule has 2 heterocycles. The maximum absolute atomic E-state index is 6.95. The highest BCUT2D eigenvalue weighted by Crippen LogP contribution is 2.63. The van der Waals surface area contributed by atoms with E-state index in [4.69, 9.17) is 19.7 Å². The molecular formula is C53H33N3O. The summed E-state index contributed by atoms with van der Waals surface area (Å²) in [5.41, 5.74) is 14.3. The van der Waals surface area contributed by atoms with Crippen molar-refractivity contribution in [3.05, 3.63) is 215 Å². The number of hydrogen-bond donors (Lipinski definition) is 0. The van der Waals surface area contributed by atoms with Gasteiger partial charge in [0.05, 0.1) is 5.41 Å². The van der Waals surface area contributed by atoms with Gasteiger partial charge in [-0.1, -0.05) is 170 Å². The van der Waals surface area contributed by atoms with Crippen LogP contribution in [0.15, 0.2) is 182 Å². The molecule has 0 unspecified atom stereocenters. The van der Waals surface area contributed by atoms with Crippen molar-refractivity contribution in [2.24, 2.45) is 0 Å². The first-order chi connectivity index (χ1) is 28.2. The van der Waals surface area contributed by atoms with Crippen LogP contribution in [-0.4, -0.2) is 15.0 Å². The zero-order valence-corrected chi connectivity index (χ0v) is 30.9. The number of para-hydroxylation sites is 2. The van der Waals surface area contributed by atoms with Gasteiger partial charge in [-0.3, -0.25) is 0 Å². The van der Waals surface area contributed by atoms with E-state index in [9.17, 15) is 0 Å². The summed E-state index contributed by atoms with van der Waals surface area (Å²) < 4.78 is 6.95. The zero-order valence-electron chi connectivity index (χ0n) is 30.9. The number of ether oxygens (including phenoxy) is 1. The van der Waals surface area contributed by atoms with Gasteiger partial charge < -0.3 is 4.74 Å².